The topological polar surface area (TPSA) is 69.4 Å². The smallest absolute Gasteiger partial charge is 0.387 e. The first-order valence-corrected chi connectivity index (χ1v) is 5.13. The van der Waals surface area contributed by atoms with Gasteiger partial charge in [0.25, 0.3) is 0 Å². The van der Waals surface area contributed by atoms with Crippen LogP contribution in [0.4, 0.5) is 13.2 Å². The molecule has 0 aromatic heterocycles. The molecule has 1 aromatic rings. The minimum Gasteiger partial charge on any atom is -0.433 e. The van der Waals surface area contributed by atoms with Gasteiger partial charge in [0.2, 0.25) is 10.0 Å². The van der Waals surface area contributed by atoms with Crippen LogP contribution in [0.3, 0.4) is 0 Å². The molecule has 0 unspecified atom stereocenters. The Morgan fingerprint density at radius 3 is 2.40 bits per heavy atom. The first kappa shape index (κ1) is 11.8. The van der Waals surface area contributed by atoms with Gasteiger partial charge in [0.1, 0.15) is 11.6 Å². The van der Waals surface area contributed by atoms with Gasteiger partial charge in [0.15, 0.2) is 4.90 Å². The molecular formula is C7H6F3NO3S. The van der Waals surface area contributed by atoms with Crippen LogP contribution in [0.15, 0.2) is 23.1 Å². The van der Waals surface area contributed by atoms with E-state index in [1.165, 1.54) is 0 Å². The van der Waals surface area contributed by atoms with E-state index in [-0.39, 0.29) is 0 Å². The number of benzene rings is 1. The van der Waals surface area contributed by atoms with Gasteiger partial charge >= 0.3 is 6.61 Å². The SMILES string of the molecule is NS(=O)(=O)c1c(F)cccc1OC(F)F. The van der Waals surface area contributed by atoms with Gasteiger partial charge in [0, 0.05) is 0 Å². The lowest BCUT2D eigenvalue weighted by Gasteiger charge is -2.09. The second-order valence-electron chi connectivity index (χ2n) is 2.49. The van der Waals surface area contributed by atoms with E-state index in [0.29, 0.717) is 0 Å². The molecule has 0 fully saturated rings. The van der Waals surface area contributed by atoms with Gasteiger partial charge in [-0.15, -0.1) is 0 Å². The van der Waals surface area contributed by atoms with Gasteiger partial charge < -0.3 is 4.74 Å². The Bertz CT molecular complexity index is 461. The number of sulfonamides is 1. The van der Waals surface area contributed by atoms with Crippen LogP contribution in [-0.2, 0) is 10.0 Å². The van der Waals surface area contributed by atoms with Crippen LogP contribution < -0.4 is 9.88 Å². The molecule has 0 radical (unpaired) electrons. The van der Waals surface area contributed by atoms with Crippen LogP contribution >= 0.6 is 0 Å². The minimum atomic E-state index is -4.44. The molecule has 8 heteroatoms. The van der Waals surface area contributed by atoms with E-state index in [0.717, 1.165) is 18.2 Å². The Labute approximate surface area is 83.5 Å². The Hall–Kier alpha value is -1.28. The maximum absolute atomic E-state index is 13.0. The lowest BCUT2D eigenvalue weighted by Crippen LogP contribution is -2.17. The molecule has 0 heterocycles. The van der Waals surface area contributed by atoms with Crippen molar-refractivity contribution < 1.29 is 26.3 Å². The van der Waals surface area contributed by atoms with Crippen molar-refractivity contribution in [2.75, 3.05) is 0 Å². The van der Waals surface area contributed by atoms with Crippen molar-refractivity contribution in [3.05, 3.63) is 24.0 Å². The van der Waals surface area contributed by atoms with Gasteiger partial charge in [-0.2, -0.15) is 8.78 Å². The normalized spacial score (nSPS) is 11.8. The molecule has 0 aliphatic carbocycles. The fraction of sp³-hybridized carbons (Fsp3) is 0.143. The Morgan fingerprint density at radius 2 is 1.93 bits per heavy atom. The average molecular weight is 241 g/mol. The molecule has 0 bridgehead atoms. The second-order valence-corrected chi connectivity index (χ2v) is 3.99. The third-order valence-corrected chi connectivity index (χ3v) is 2.40. The van der Waals surface area contributed by atoms with Crippen LogP contribution in [0.2, 0.25) is 0 Å². The van der Waals surface area contributed by atoms with E-state index in [9.17, 15) is 21.6 Å². The highest BCUT2D eigenvalue weighted by Gasteiger charge is 2.22. The zero-order valence-corrected chi connectivity index (χ0v) is 7.97. The number of hydrogen-bond donors (Lipinski definition) is 1. The van der Waals surface area contributed by atoms with E-state index in [2.05, 4.69) is 9.88 Å². The summed E-state index contributed by atoms with van der Waals surface area (Å²) in [6, 6.07) is 2.69. The largest absolute Gasteiger partial charge is 0.433 e. The highest BCUT2D eigenvalue weighted by Crippen LogP contribution is 2.26. The van der Waals surface area contributed by atoms with Crippen molar-refractivity contribution >= 4 is 10.0 Å². The Morgan fingerprint density at radius 1 is 1.33 bits per heavy atom. The third kappa shape index (κ3) is 2.83. The maximum atomic E-state index is 13.0. The van der Waals surface area contributed by atoms with Crippen molar-refractivity contribution in [3.63, 3.8) is 0 Å². The second kappa shape index (κ2) is 4.07. The fourth-order valence-corrected chi connectivity index (χ4v) is 1.69. The molecule has 4 nitrogen and oxygen atoms in total. The van der Waals surface area contributed by atoms with Crippen LogP contribution in [0.25, 0.3) is 0 Å². The molecule has 0 atom stereocenters. The lowest BCUT2D eigenvalue weighted by molar-refractivity contribution is -0.0520. The number of rotatable bonds is 3. The van der Waals surface area contributed by atoms with Crippen molar-refractivity contribution in [2.24, 2.45) is 5.14 Å². The monoisotopic (exact) mass is 241 g/mol. The summed E-state index contributed by atoms with van der Waals surface area (Å²) in [5.74, 6) is -2.05. The summed E-state index contributed by atoms with van der Waals surface area (Å²) in [5.41, 5.74) is 0. The summed E-state index contributed by atoms with van der Waals surface area (Å²) in [6.07, 6.45) is 0. The van der Waals surface area contributed by atoms with E-state index in [4.69, 9.17) is 0 Å². The number of alkyl halides is 2. The van der Waals surface area contributed by atoms with Gasteiger partial charge in [-0.05, 0) is 12.1 Å². The number of ether oxygens (including phenoxy) is 1. The predicted molar refractivity (Wildman–Crippen MR) is 44.4 cm³/mol. The molecule has 0 aliphatic rings. The number of primary sulfonamides is 1. The highest BCUT2D eigenvalue weighted by atomic mass is 32.2. The summed E-state index contributed by atoms with van der Waals surface area (Å²) in [4.78, 5) is -1.08. The number of hydrogen-bond acceptors (Lipinski definition) is 3. The maximum Gasteiger partial charge on any atom is 0.387 e. The molecule has 84 valence electrons. The van der Waals surface area contributed by atoms with Gasteiger partial charge in [-0.3, -0.25) is 0 Å². The van der Waals surface area contributed by atoms with Gasteiger partial charge in [0.05, 0.1) is 0 Å². The quantitative estimate of drug-likeness (QED) is 0.860. The van der Waals surface area contributed by atoms with Crippen LogP contribution in [0.5, 0.6) is 5.75 Å². The lowest BCUT2D eigenvalue weighted by atomic mass is 10.3. The molecule has 2 N–H and O–H groups in total. The first-order valence-electron chi connectivity index (χ1n) is 3.58. The third-order valence-electron chi connectivity index (χ3n) is 1.43. The fourth-order valence-electron chi connectivity index (χ4n) is 0.954. The summed E-state index contributed by atoms with van der Waals surface area (Å²) in [7, 11) is -4.44. The molecule has 15 heavy (non-hydrogen) atoms. The van der Waals surface area contributed by atoms with E-state index >= 15 is 0 Å². The van der Waals surface area contributed by atoms with Crippen LogP contribution in [0, 0.1) is 5.82 Å². The van der Waals surface area contributed by atoms with Crippen molar-refractivity contribution in [3.8, 4) is 5.75 Å². The van der Waals surface area contributed by atoms with Crippen LogP contribution in [0.1, 0.15) is 0 Å². The summed E-state index contributed by atoms with van der Waals surface area (Å²) < 4.78 is 62.3. The molecular weight excluding hydrogens is 235 g/mol. The standard InChI is InChI=1S/C7H6F3NO3S/c8-4-2-1-3-5(14-7(9)10)6(4)15(11,12)13/h1-3,7H,(H2,11,12,13). The zero-order valence-electron chi connectivity index (χ0n) is 7.15. The highest BCUT2D eigenvalue weighted by molar-refractivity contribution is 7.89. The molecule has 1 rings (SSSR count). The molecule has 0 aliphatic heterocycles. The van der Waals surface area contributed by atoms with Gasteiger partial charge in [-0.1, -0.05) is 6.07 Å². The average Bonchev–Trinajstić information content (AvgIpc) is 1.99. The predicted octanol–water partition coefficient (Wildman–Crippen LogP) is 1.07. The summed E-state index contributed by atoms with van der Waals surface area (Å²) >= 11 is 0. The minimum absolute atomic E-state index is 0.776. The van der Waals surface area contributed by atoms with Crippen molar-refractivity contribution in [1.82, 2.24) is 0 Å². The van der Waals surface area contributed by atoms with Crippen molar-refractivity contribution in [1.29, 1.82) is 0 Å². The molecule has 0 amide bonds. The molecule has 0 saturated heterocycles. The van der Waals surface area contributed by atoms with E-state index in [1.54, 1.807) is 0 Å². The van der Waals surface area contributed by atoms with E-state index in [1.807, 2.05) is 0 Å². The summed E-state index contributed by atoms with van der Waals surface area (Å²) in [6.45, 7) is -3.26. The summed E-state index contributed by atoms with van der Waals surface area (Å²) in [5, 5.41) is 4.64. The number of halogens is 3. The molecule has 0 spiro atoms. The molecule has 1 aromatic carbocycles. The van der Waals surface area contributed by atoms with Crippen LogP contribution in [-0.4, -0.2) is 15.0 Å². The molecule has 0 saturated carbocycles. The van der Waals surface area contributed by atoms with Crippen molar-refractivity contribution in [2.45, 2.75) is 11.5 Å². The Balaban J connectivity index is 3.34. The zero-order chi connectivity index (χ0) is 11.6. The number of nitrogens with two attached hydrogens (primary N) is 1. The Kier molecular flexibility index (Phi) is 3.20. The van der Waals surface area contributed by atoms with Gasteiger partial charge in [-0.25, -0.2) is 17.9 Å². The first-order chi connectivity index (χ1) is 6.82. The van der Waals surface area contributed by atoms with E-state index < -0.39 is 33.1 Å².